The maximum absolute atomic E-state index is 12.9. The monoisotopic (exact) mass is 372 g/mol. The van der Waals surface area contributed by atoms with Crippen molar-refractivity contribution in [2.45, 2.75) is 32.5 Å². The van der Waals surface area contributed by atoms with Gasteiger partial charge in [-0.15, -0.1) is 0 Å². The standard InChI is InChI=1S/C20H28N4O3/c1-15-5-6-19(27-15)18(23-10-12-26-13-11-23)14-21-20(25)24-9-8-22-7-3-4-17(22)16(24)2/h3-7,16,18H,8-14H2,1-2H3,(H,21,25). The van der Waals surface area contributed by atoms with E-state index in [0.717, 1.165) is 37.7 Å². The fourth-order valence-electron chi connectivity index (χ4n) is 4.07. The van der Waals surface area contributed by atoms with Gasteiger partial charge in [0.05, 0.1) is 25.3 Å². The average Bonchev–Trinajstić information content (AvgIpc) is 3.32. The van der Waals surface area contributed by atoms with Crippen LogP contribution in [0.1, 0.15) is 36.2 Å². The number of aryl methyl sites for hydroxylation is 1. The van der Waals surface area contributed by atoms with Gasteiger partial charge in [0.25, 0.3) is 0 Å². The van der Waals surface area contributed by atoms with Crippen LogP contribution in [0.5, 0.6) is 0 Å². The molecule has 1 saturated heterocycles. The molecule has 0 aliphatic carbocycles. The van der Waals surface area contributed by atoms with E-state index >= 15 is 0 Å². The summed E-state index contributed by atoms with van der Waals surface area (Å²) in [5.41, 5.74) is 1.18. The molecule has 0 spiro atoms. The molecule has 4 rings (SSSR count). The minimum atomic E-state index is -0.0171. The van der Waals surface area contributed by atoms with Gasteiger partial charge in [-0.1, -0.05) is 0 Å². The number of fused-ring (bicyclic) bond motifs is 1. The van der Waals surface area contributed by atoms with Crippen molar-refractivity contribution in [3.05, 3.63) is 47.7 Å². The van der Waals surface area contributed by atoms with Gasteiger partial charge in [-0.25, -0.2) is 4.79 Å². The summed E-state index contributed by atoms with van der Waals surface area (Å²) in [6, 6.07) is 8.20. The summed E-state index contributed by atoms with van der Waals surface area (Å²) in [4.78, 5) is 17.1. The number of carbonyl (C=O) groups excluding carboxylic acids is 1. The molecular weight excluding hydrogens is 344 g/mol. The van der Waals surface area contributed by atoms with E-state index in [4.69, 9.17) is 9.15 Å². The van der Waals surface area contributed by atoms with Crippen molar-refractivity contribution in [2.75, 3.05) is 39.4 Å². The van der Waals surface area contributed by atoms with E-state index in [2.05, 4.69) is 34.0 Å². The molecule has 146 valence electrons. The third kappa shape index (κ3) is 3.75. The number of amides is 2. The zero-order valence-corrected chi connectivity index (χ0v) is 16.1. The topological polar surface area (TPSA) is 62.9 Å². The minimum Gasteiger partial charge on any atom is -0.465 e. The Kier molecular flexibility index (Phi) is 5.22. The minimum absolute atomic E-state index is 0.0171. The van der Waals surface area contributed by atoms with E-state index in [0.29, 0.717) is 19.8 Å². The maximum Gasteiger partial charge on any atom is 0.318 e. The molecule has 2 atom stereocenters. The second kappa shape index (κ2) is 7.78. The zero-order chi connectivity index (χ0) is 18.8. The largest absolute Gasteiger partial charge is 0.465 e. The molecule has 4 heterocycles. The Bertz CT molecular complexity index is 778. The van der Waals surface area contributed by atoms with Gasteiger partial charge in [0.1, 0.15) is 11.5 Å². The Labute approximate surface area is 159 Å². The zero-order valence-electron chi connectivity index (χ0n) is 16.1. The summed E-state index contributed by atoms with van der Waals surface area (Å²) in [6.45, 7) is 9.22. The Balaban J connectivity index is 1.43. The Hall–Kier alpha value is -2.25. The molecular formula is C20H28N4O3. The molecule has 2 aromatic rings. The smallest absolute Gasteiger partial charge is 0.318 e. The molecule has 2 amide bonds. The number of morpholine rings is 1. The van der Waals surface area contributed by atoms with Gasteiger partial charge in [-0.05, 0) is 38.1 Å². The average molecular weight is 372 g/mol. The Morgan fingerprint density at radius 1 is 1.22 bits per heavy atom. The summed E-state index contributed by atoms with van der Waals surface area (Å²) in [5, 5.41) is 3.15. The lowest BCUT2D eigenvalue weighted by atomic mass is 10.1. The van der Waals surface area contributed by atoms with Crippen molar-refractivity contribution in [2.24, 2.45) is 0 Å². The normalized spacial score (nSPS) is 21.7. The molecule has 2 aromatic heterocycles. The summed E-state index contributed by atoms with van der Waals surface area (Å²) in [5.74, 6) is 1.79. The number of carbonyl (C=O) groups is 1. The summed E-state index contributed by atoms with van der Waals surface area (Å²) in [7, 11) is 0. The molecule has 27 heavy (non-hydrogen) atoms. The summed E-state index contributed by atoms with van der Waals surface area (Å²) in [6.07, 6.45) is 2.08. The second-order valence-electron chi connectivity index (χ2n) is 7.29. The van der Waals surface area contributed by atoms with Crippen LogP contribution in [0.2, 0.25) is 0 Å². The highest BCUT2D eigenvalue weighted by Crippen LogP contribution is 2.26. The van der Waals surface area contributed by atoms with Crippen LogP contribution < -0.4 is 5.32 Å². The third-order valence-corrected chi connectivity index (χ3v) is 5.63. The van der Waals surface area contributed by atoms with Crippen LogP contribution in [-0.2, 0) is 11.3 Å². The number of aromatic nitrogens is 1. The highest BCUT2D eigenvalue weighted by molar-refractivity contribution is 5.74. The molecule has 1 fully saturated rings. The van der Waals surface area contributed by atoms with E-state index in [9.17, 15) is 4.79 Å². The molecule has 1 N–H and O–H groups in total. The first-order valence-corrected chi connectivity index (χ1v) is 9.71. The summed E-state index contributed by atoms with van der Waals surface area (Å²) >= 11 is 0. The van der Waals surface area contributed by atoms with Crippen LogP contribution in [0.25, 0.3) is 0 Å². The SMILES string of the molecule is Cc1ccc(C(CNC(=O)N2CCn3cccc3C2C)N2CCOCC2)o1. The van der Waals surface area contributed by atoms with Crippen molar-refractivity contribution in [3.8, 4) is 0 Å². The van der Waals surface area contributed by atoms with Gasteiger partial charge in [0, 0.05) is 44.6 Å². The lowest BCUT2D eigenvalue weighted by Gasteiger charge is -2.36. The highest BCUT2D eigenvalue weighted by atomic mass is 16.5. The van der Waals surface area contributed by atoms with Gasteiger partial charge in [0.15, 0.2) is 0 Å². The summed E-state index contributed by atoms with van der Waals surface area (Å²) < 4.78 is 13.6. The van der Waals surface area contributed by atoms with E-state index in [-0.39, 0.29) is 18.1 Å². The lowest BCUT2D eigenvalue weighted by molar-refractivity contribution is 0.0117. The van der Waals surface area contributed by atoms with Crippen LogP contribution in [0, 0.1) is 6.92 Å². The second-order valence-corrected chi connectivity index (χ2v) is 7.29. The molecule has 0 bridgehead atoms. The van der Waals surface area contributed by atoms with Crippen LogP contribution in [0.3, 0.4) is 0 Å². The first kappa shape index (κ1) is 18.1. The Morgan fingerprint density at radius 2 is 2.04 bits per heavy atom. The lowest BCUT2D eigenvalue weighted by Crippen LogP contribution is -2.49. The predicted octanol–water partition coefficient (Wildman–Crippen LogP) is 2.55. The molecule has 0 radical (unpaired) electrons. The number of nitrogens with one attached hydrogen (secondary N) is 1. The van der Waals surface area contributed by atoms with Crippen LogP contribution in [0.15, 0.2) is 34.9 Å². The van der Waals surface area contributed by atoms with E-state index in [1.54, 1.807) is 0 Å². The van der Waals surface area contributed by atoms with Crippen molar-refractivity contribution in [1.29, 1.82) is 0 Å². The Morgan fingerprint density at radius 3 is 2.78 bits per heavy atom. The van der Waals surface area contributed by atoms with Crippen molar-refractivity contribution in [1.82, 2.24) is 19.7 Å². The molecule has 7 nitrogen and oxygen atoms in total. The van der Waals surface area contributed by atoms with Crippen LogP contribution in [0.4, 0.5) is 4.79 Å². The number of rotatable bonds is 4. The number of urea groups is 1. The van der Waals surface area contributed by atoms with Crippen LogP contribution in [-0.4, -0.2) is 59.8 Å². The number of ether oxygens (including phenoxy) is 1. The molecule has 2 unspecified atom stereocenters. The number of nitrogens with zero attached hydrogens (tertiary/aromatic N) is 3. The van der Waals surface area contributed by atoms with Gasteiger partial charge >= 0.3 is 6.03 Å². The fraction of sp³-hybridized carbons (Fsp3) is 0.550. The molecule has 2 aliphatic heterocycles. The van der Waals surface area contributed by atoms with Gasteiger partial charge in [0.2, 0.25) is 0 Å². The predicted molar refractivity (Wildman–Crippen MR) is 102 cm³/mol. The van der Waals surface area contributed by atoms with Gasteiger partial charge in [-0.2, -0.15) is 0 Å². The molecule has 0 saturated carbocycles. The molecule has 2 aliphatic rings. The number of hydrogen-bond acceptors (Lipinski definition) is 4. The maximum atomic E-state index is 12.9. The van der Waals surface area contributed by atoms with Crippen LogP contribution >= 0.6 is 0 Å². The van der Waals surface area contributed by atoms with Crippen molar-refractivity contribution >= 4 is 6.03 Å². The van der Waals surface area contributed by atoms with E-state index < -0.39 is 0 Å². The molecule has 0 aromatic carbocycles. The van der Waals surface area contributed by atoms with E-state index in [1.165, 1.54) is 5.69 Å². The number of hydrogen-bond donors (Lipinski definition) is 1. The number of furan rings is 1. The van der Waals surface area contributed by atoms with Gasteiger partial charge in [-0.3, -0.25) is 4.90 Å². The van der Waals surface area contributed by atoms with E-state index in [1.807, 2.05) is 30.0 Å². The van der Waals surface area contributed by atoms with Crippen molar-refractivity contribution < 1.29 is 13.9 Å². The third-order valence-electron chi connectivity index (χ3n) is 5.63. The fourth-order valence-corrected chi connectivity index (χ4v) is 4.07. The quantitative estimate of drug-likeness (QED) is 0.896. The highest BCUT2D eigenvalue weighted by Gasteiger charge is 2.30. The van der Waals surface area contributed by atoms with Gasteiger partial charge < -0.3 is 23.9 Å². The van der Waals surface area contributed by atoms with Crippen molar-refractivity contribution in [3.63, 3.8) is 0 Å². The first-order chi connectivity index (χ1) is 13.1. The first-order valence-electron chi connectivity index (χ1n) is 9.71. The molecule has 7 heteroatoms.